The number of nitrogens with one attached hydrogen (secondary N) is 1. The molecule has 0 aliphatic carbocycles. The molecule has 1 N–H and O–H groups in total. The molecule has 0 saturated carbocycles. The molecule has 2 unspecified atom stereocenters. The zero-order valence-electron chi connectivity index (χ0n) is 15.6. The van der Waals surface area contributed by atoms with Gasteiger partial charge in [0.25, 0.3) is 5.91 Å². The second kappa shape index (κ2) is 8.06. The van der Waals surface area contributed by atoms with Gasteiger partial charge in [0.1, 0.15) is 0 Å². The Hall–Kier alpha value is -1.44. The Morgan fingerprint density at radius 3 is 2.50 bits per heavy atom. The number of likely N-dealkylation sites (N-methyl/N-ethyl adjacent to an activating group) is 1. The predicted molar refractivity (Wildman–Crippen MR) is 102 cm³/mol. The summed E-state index contributed by atoms with van der Waals surface area (Å²) in [6, 6.07) is 6.70. The van der Waals surface area contributed by atoms with Crippen molar-refractivity contribution in [2.45, 2.75) is 56.0 Å². The topological polar surface area (TPSA) is 69.7 Å². The van der Waals surface area contributed by atoms with Gasteiger partial charge in [-0.2, -0.15) is 4.31 Å². The molecule has 2 fully saturated rings. The minimum absolute atomic E-state index is 0.0157. The molecule has 144 valence electrons. The number of hydrogen-bond donors (Lipinski definition) is 1. The van der Waals surface area contributed by atoms with Gasteiger partial charge in [-0.25, -0.2) is 8.42 Å². The third-order valence-corrected chi connectivity index (χ3v) is 7.56. The first-order chi connectivity index (χ1) is 12.4. The molecule has 2 aliphatic rings. The van der Waals surface area contributed by atoms with Crippen LogP contribution >= 0.6 is 0 Å². The number of carbonyl (C=O) groups excluding carboxylic acids is 1. The third-order valence-electron chi connectivity index (χ3n) is 5.53. The number of benzene rings is 1. The Labute approximate surface area is 156 Å². The lowest BCUT2D eigenvalue weighted by Gasteiger charge is -2.32. The van der Waals surface area contributed by atoms with E-state index in [0.717, 1.165) is 45.2 Å². The Bertz CT molecular complexity index is 733. The Balaban J connectivity index is 1.76. The van der Waals surface area contributed by atoms with Gasteiger partial charge in [-0.05, 0) is 63.9 Å². The number of piperidine rings is 1. The first kappa shape index (κ1) is 19.3. The number of rotatable bonds is 5. The van der Waals surface area contributed by atoms with Crippen LogP contribution in [0.15, 0.2) is 29.2 Å². The molecule has 0 aromatic heterocycles. The van der Waals surface area contributed by atoms with E-state index >= 15 is 0 Å². The highest BCUT2D eigenvalue weighted by atomic mass is 32.2. The summed E-state index contributed by atoms with van der Waals surface area (Å²) in [6.45, 7) is 4.08. The zero-order chi connectivity index (χ0) is 18.7. The smallest absolute Gasteiger partial charge is 0.254 e. The fourth-order valence-electron chi connectivity index (χ4n) is 4.05. The monoisotopic (exact) mass is 379 g/mol. The van der Waals surface area contributed by atoms with Gasteiger partial charge in [0, 0.05) is 37.3 Å². The van der Waals surface area contributed by atoms with E-state index in [1.165, 1.54) is 0 Å². The van der Waals surface area contributed by atoms with E-state index in [-0.39, 0.29) is 22.9 Å². The van der Waals surface area contributed by atoms with Crippen LogP contribution in [0.1, 0.15) is 49.4 Å². The normalized spacial score (nSPS) is 24.8. The van der Waals surface area contributed by atoms with Crippen LogP contribution in [0.5, 0.6) is 0 Å². The minimum atomic E-state index is -3.49. The van der Waals surface area contributed by atoms with Crippen LogP contribution in [0.25, 0.3) is 0 Å². The van der Waals surface area contributed by atoms with Crippen molar-refractivity contribution in [3.05, 3.63) is 29.8 Å². The summed E-state index contributed by atoms with van der Waals surface area (Å²) < 4.78 is 27.4. The van der Waals surface area contributed by atoms with Crippen LogP contribution in [0.3, 0.4) is 0 Å². The van der Waals surface area contributed by atoms with Crippen LogP contribution in [0.2, 0.25) is 0 Å². The van der Waals surface area contributed by atoms with E-state index < -0.39 is 10.0 Å². The summed E-state index contributed by atoms with van der Waals surface area (Å²) >= 11 is 0. The van der Waals surface area contributed by atoms with Gasteiger partial charge < -0.3 is 10.2 Å². The predicted octanol–water partition coefficient (Wildman–Crippen LogP) is 2.07. The molecule has 2 atom stereocenters. The number of carbonyl (C=O) groups is 1. The number of amides is 1. The maximum Gasteiger partial charge on any atom is 0.254 e. The molecule has 3 rings (SSSR count). The lowest BCUT2D eigenvalue weighted by molar-refractivity contribution is 0.0737. The van der Waals surface area contributed by atoms with Gasteiger partial charge in [0.2, 0.25) is 10.0 Å². The van der Waals surface area contributed by atoms with Crippen molar-refractivity contribution < 1.29 is 13.2 Å². The highest BCUT2D eigenvalue weighted by Gasteiger charge is 2.32. The maximum absolute atomic E-state index is 12.9. The molecule has 7 heteroatoms. The van der Waals surface area contributed by atoms with Gasteiger partial charge in [-0.15, -0.1) is 0 Å². The van der Waals surface area contributed by atoms with Crippen molar-refractivity contribution in [3.8, 4) is 0 Å². The molecule has 0 spiro atoms. The summed E-state index contributed by atoms with van der Waals surface area (Å²) in [5, 5.41) is 3.14. The lowest BCUT2D eigenvalue weighted by Crippen LogP contribution is -2.42. The van der Waals surface area contributed by atoms with Gasteiger partial charge in [-0.1, -0.05) is 6.42 Å². The van der Waals surface area contributed by atoms with Crippen LogP contribution in [0.4, 0.5) is 0 Å². The van der Waals surface area contributed by atoms with Crippen molar-refractivity contribution in [2.24, 2.45) is 0 Å². The highest BCUT2D eigenvalue weighted by molar-refractivity contribution is 7.89. The van der Waals surface area contributed by atoms with Gasteiger partial charge >= 0.3 is 0 Å². The molecule has 0 radical (unpaired) electrons. The first-order valence-electron chi connectivity index (χ1n) is 9.52. The fraction of sp³-hybridized carbons (Fsp3) is 0.632. The SMILES string of the molecule is CNCC1CCCN1C(=O)c1ccc(S(=O)(=O)N2CCCCC2C)cc1. The van der Waals surface area contributed by atoms with Crippen molar-refractivity contribution in [2.75, 3.05) is 26.7 Å². The summed E-state index contributed by atoms with van der Waals surface area (Å²) in [5.74, 6) is -0.0157. The minimum Gasteiger partial charge on any atom is -0.334 e. The maximum atomic E-state index is 12.9. The Morgan fingerprint density at radius 1 is 1.12 bits per heavy atom. The molecule has 0 bridgehead atoms. The molecule has 1 amide bonds. The highest BCUT2D eigenvalue weighted by Crippen LogP contribution is 2.26. The Morgan fingerprint density at radius 2 is 1.85 bits per heavy atom. The van der Waals surface area contributed by atoms with Crippen LogP contribution in [0, 0.1) is 0 Å². The van der Waals surface area contributed by atoms with E-state index in [2.05, 4.69) is 5.32 Å². The molecule has 2 aliphatic heterocycles. The van der Waals surface area contributed by atoms with Gasteiger partial charge in [0.05, 0.1) is 4.90 Å². The fourth-order valence-corrected chi connectivity index (χ4v) is 5.75. The summed E-state index contributed by atoms with van der Waals surface area (Å²) in [4.78, 5) is 15.0. The van der Waals surface area contributed by atoms with Crippen molar-refractivity contribution in [1.29, 1.82) is 0 Å². The number of sulfonamides is 1. The van der Waals surface area contributed by atoms with Gasteiger partial charge in [-0.3, -0.25) is 4.79 Å². The van der Waals surface area contributed by atoms with Crippen LogP contribution < -0.4 is 5.32 Å². The average molecular weight is 380 g/mol. The molecule has 1 aromatic carbocycles. The first-order valence-corrected chi connectivity index (χ1v) is 11.0. The third kappa shape index (κ3) is 3.80. The summed E-state index contributed by atoms with van der Waals surface area (Å²) in [7, 11) is -1.60. The van der Waals surface area contributed by atoms with E-state index in [4.69, 9.17) is 0 Å². The molecule has 2 heterocycles. The second-order valence-corrected chi connectivity index (χ2v) is 9.23. The summed E-state index contributed by atoms with van der Waals surface area (Å²) in [5.41, 5.74) is 0.554. The molecule has 2 saturated heterocycles. The van der Waals surface area contributed by atoms with Crippen molar-refractivity contribution >= 4 is 15.9 Å². The summed E-state index contributed by atoms with van der Waals surface area (Å²) in [6.07, 6.45) is 4.90. The zero-order valence-corrected chi connectivity index (χ0v) is 16.5. The van der Waals surface area contributed by atoms with E-state index in [1.54, 1.807) is 28.6 Å². The molecule has 6 nitrogen and oxygen atoms in total. The lowest BCUT2D eigenvalue weighted by atomic mass is 10.1. The number of likely N-dealkylation sites (tertiary alicyclic amines) is 1. The van der Waals surface area contributed by atoms with Crippen LogP contribution in [-0.2, 0) is 10.0 Å². The standard InChI is InChI=1S/C19H29N3O3S/c1-15-6-3-4-13-22(15)26(24,25)18-10-8-16(9-11-18)19(23)21-12-5-7-17(21)14-20-2/h8-11,15,17,20H,3-7,12-14H2,1-2H3. The van der Waals surface area contributed by atoms with E-state index in [9.17, 15) is 13.2 Å². The van der Waals surface area contributed by atoms with Crippen LogP contribution in [-0.4, -0.2) is 62.3 Å². The molecule has 1 aromatic rings. The average Bonchev–Trinajstić information content (AvgIpc) is 3.10. The molecular formula is C19H29N3O3S. The molecular weight excluding hydrogens is 350 g/mol. The van der Waals surface area contributed by atoms with Gasteiger partial charge in [0.15, 0.2) is 0 Å². The number of nitrogens with zero attached hydrogens (tertiary/aromatic N) is 2. The van der Waals surface area contributed by atoms with Crippen molar-refractivity contribution in [3.63, 3.8) is 0 Å². The largest absolute Gasteiger partial charge is 0.334 e. The second-order valence-electron chi connectivity index (χ2n) is 7.34. The molecule has 26 heavy (non-hydrogen) atoms. The van der Waals surface area contributed by atoms with E-state index in [0.29, 0.717) is 12.1 Å². The number of hydrogen-bond acceptors (Lipinski definition) is 4. The van der Waals surface area contributed by atoms with E-state index in [1.807, 2.05) is 18.9 Å². The quantitative estimate of drug-likeness (QED) is 0.850. The van der Waals surface area contributed by atoms with Crippen molar-refractivity contribution in [1.82, 2.24) is 14.5 Å². The Kier molecular flexibility index (Phi) is 5.99.